The van der Waals surface area contributed by atoms with Gasteiger partial charge in [-0.3, -0.25) is 4.79 Å². The zero-order valence-corrected chi connectivity index (χ0v) is 4.69. The summed E-state index contributed by atoms with van der Waals surface area (Å²) in [4.78, 5) is 10.3. The lowest BCUT2D eigenvalue weighted by molar-refractivity contribution is -0.113. The summed E-state index contributed by atoms with van der Waals surface area (Å²) in [6.07, 6.45) is 5.19. The molecular formula is C7H6O. The number of carbonyl (C=O) groups excluding carboxylic acids is 1. The fourth-order valence-corrected chi connectivity index (χ4v) is 0.194. The molecule has 0 radical (unpaired) electrons. The molecule has 40 valence electrons. The van der Waals surface area contributed by atoms with Crippen LogP contribution in [0.15, 0.2) is 0 Å². The Morgan fingerprint density at radius 2 is 2.38 bits per heavy atom. The molecule has 0 aromatic carbocycles. The summed E-state index contributed by atoms with van der Waals surface area (Å²) < 4.78 is 0. The lowest BCUT2D eigenvalue weighted by Gasteiger charge is -1.73. The minimum absolute atomic E-state index is 0.108. The van der Waals surface area contributed by atoms with Crippen molar-refractivity contribution in [1.82, 2.24) is 0 Å². The minimum atomic E-state index is -0.108. The summed E-state index contributed by atoms with van der Waals surface area (Å²) >= 11 is 0. The monoisotopic (exact) mass is 106 g/mol. The van der Waals surface area contributed by atoms with Crippen molar-refractivity contribution < 1.29 is 4.79 Å². The van der Waals surface area contributed by atoms with E-state index < -0.39 is 0 Å². The van der Waals surface area contributed by atoms with Crippen LogP contribution in [0.25, 0.3) is 0 Å². The van der Waals surface area contributed by atoms with Gasteiger partial charge in [0.25, 0.3) is 0 Å². The lowest BCUT2D eigenvalue weighted by atomic mass is 10.3. The van der Waals surface area contributed by atoms with Gasteiger partial charge in [-0.1, -0.05) is 6.92 Å². The maximum Gasteiger partial charge on any atom is 0.206 e. The Morgan fingerprint density at radius 3 is 2.75 bits per heavy atom. The molecule has 1 nitrogen and oxygen atoms in total. The molecule has 0 unspecified atom stereocenters. The van der Waals surface area contributed by atoms with Crippen molar-refractivity contribution in [3.63, 3.8) is 0 Å². The number of terminal acetylenes is 1. The predicted molar refractivity (Wildman–Crippen MR) is 31.9 cm³/mol. The average molecular weight is 106 g/mol. The van der Waals surface area contributed by atoms with E-state index in [0.717, 1.165) is 0 Å². The van der Waals surface area contributed by atoms with Crippen LogP contribution in [0.4, 0.5) is 0 Å². The Bertz CT molecular complexity index is 173. The van der Waals surface area contributed by atoms with Crippen LogP contribution in [0.2, 0.25) is 0 Å². The second-order valence-corrected chi connectivity index (χ2v) is 1.17. The Balaban J connectivity index is 3.74. The first-order valence-electron chi connectivity index (χ1n) is 2.30. The van der Waals surface area contributed by atoms with Gasteiger partial charge in [0.15, 0.2) is 0 Å². The normalized spacial score (nSPS) is 6.00. The molecule has 1 heteroatoms. The maximum absolute atomic E-state index is 10.3. The highest BCUT2D eigenvalue weighted by molar-refractivity contribution is 5.95. The van der Waals surface area contributed by atoms with Gasteiger partial charge in [-0.05, 0) is 17.8 Å². The van der Waals surface area contributed by atoms with Crippen molar-refractivity contribution >= 4 is 5.78 Å². The molecule has 8 heavy (non-hydrogen) atoms. The Labute approximate surface area is 49.1 Å². The lowest BCUT2D eigenvalue weighted by Crippen LogP contribution is -1.86. The van der Waals surface area contributed by atoms with Crippen LogP contribution in [0.1, 0.15) is 13.3 Å². The van der Waals surface area contributed by atoms with Crippen LogP contribution in [0.5, 0.6) is 0 Å². The highest BCUT2D eigenvalue weighted by atomic mass is 16.1. The molecule has 0 aliphatic heterocycles. The van der Waals surface area contributed by atoms with Gasteiger partial charge in [0.05, 0.1) is 0 Å². The van der Waals surface area contributed by atoms with Gasteiger partial charge in [-0.15, -0.1) is 6.42 Å². The van der Waals surface area contributed by atoms with E-state index in [1.54, 1.807) is 6.92 Å². The van der Waals surface area contributed by atoms with Crippen molar-refractivity contribution in [1.29, 1.82) is 0 Å². The van der Waals surface area contributed by atoms with Crippen molar-refractivity contribution in [2.24, 2.45) is 0 Å². The highest BCUT2D eigenvalue weighted by Crippen LogP contribution is 1.74. The fourth-order valence-electron chi connectivity index (χ4n) is 0.194. The molecule has 0 amide bonds. The van der Waals surface area contributed by atoms with E-state index in [0.29, 0.717) is 6.42 Å². The molecular weight excluding hydrogens is 100 g/mol. The van der Waals surface area contributed by atoms with Crippen LogP contribution in [0.3, 0.4) is 0 Å². The Morgan fingerprint density at radius 1 is 1.75 bits per heavy atom. The average Bonchev–Trinajstić information content (AvgIpc) is 1.83. The van der Waals surface area contributed by atoms with E-state index in [1.165, 1.54) is 0 Å². The molecule has 0 heterocycles. The summed E-state index contributed by atoms with van der Waals surface area (Å²) in [5, 5.41) is 0. The molecule has 0 aromatic rings. The number of rotatable bonds is 1. The van der Waals surface area contributed by atoms with E-state index in [2.05, 4.69) is 17.8 Å². The Hall–Kier alpha value is -1.21. The molecule has 0 rings (SSSR count). The fraction of sp³-hybridized carbons (Fsp3) is 0.286. The van der Waals surface area contributed by atoms with Gasteiger partial charge in [0, 0.05) is 6.42 Å². The SMILES string of the molecule is C#CC#CC(=O)CC. The number of ketones is 1. The van der Waals surface area contributed by atoms with Gasteiger partial charge in [-0.25, -0.2) is 0 Å². The summed E-state index contributed by atoms with van der Waals surface area (Å²) in [6.45, 7) is 1.74. The van der Waals surface area contributed by atoms with E-state index in [-0.39, 0.29) is 5.78 Å². The minimum Gasteiger partial charge on any atom is -0.285 e. The molecule has 0 aliphatic rings. The summed E-state index contributed by atoms with van der Waals surface area (Å²) in [6, 6.07) is 0. The van der Waals surface area contributed by atoms with Crippen molar-refractivity contribution in [3.8, 4) is 24.2 Å². The summed E-state index contributed by atoms with van der Waals surface area (Å²) in [5.74, 6) is 6.43. The maximum atomic E-state index is 10.3. The second-order valence-electron chi connectivity index (χ2n) is 1.17. The van der Waals surface area contributed by atoms with Crippen molar-refractivity contribution in [3.05, 3.63) is 0 Å². The number of Topliss-reactive ketones (excluding diaryl/α,β-unsaturated/α-hetero) is 1. The molecule has 0 spiro atoms. The number of hydrogen-bond donors (Lipinski definition) is 0. The smallest absolute Gasteiger partial charge is 0.206 e. The van der Waals surface area contributed by atoms with Crippen LogP contribution in [0, 0.1) is 24.2 Å². The van der Waals surface area contributed by atoms with E-state index >= 15 is 0 Å². The molecule has 0 atom stereocenters. The second kappa shape index (κ2) is 3.96. The Kier molecular flexibility index (Phi) is 3.36. The first kappa shape index (κ1) is 6.79. The van der Waals surface area contributed by atoms with Gasteiger partial charge in [0.2, 0.25) is 5.78 Å². The molecule has 0 saturated heterocycles. The zero-order chi connectivity index (χ0) is 6.41. The van der Waals surface area contributed by atoms with Gasteiger partial charge >= 0.3 is 0 Å². The molecule has 0 saturated carbocycles. The molecule has 0 N–H and O–H groups in total. The van der Waals surface area contributed by atoms with Gasteiger partial charge in [-0.2, -0.15) is 0 Å². The summed E-state index contributed by atoms with van der Waals surface area (Å²) in [7, 11) is 0. The summed E-state index contributed by atoms with van der Waals surface area (Å²) in [5.41, 5.74) is 0. The highest BCUT2D eigenvalue weighted by Gasteiger charge is 1.84. The van der Waals surface area contributed by atoms with Crippen molar-refractivity contribution in [2.45, 2.75) is 13.3 Å². The number of hydrogen-bond acceptors (Lipinski definition) is 1. The molecule has 0 fully saturated rings. The third kappa shape index (κ3) is 3.00. The topological polar surface area (TPSA) is 17.1 Å². The quantitative estimate of drug-likeness (QED) is 0.353. The third-order valence-electron chi connectivity index (χ3n) is 0.595. The first-order valence-corrected chi connectivity index (χ1v) is 2.30. The van der Waals surface area contributed by atoms with Crippen LogP contribution in [-0.2, 0) is 4.79 Å². The largest absolute Gasteiger partial charge is 0.285 e. The standard InChI is InChI=1S/C7H6O/c1-3-5-6-7(8)4-2/h1H,4H2,2H3. The van der Waals surface area contributed by atoms with E-state index in [4.69, 9.17) is 6.42 Å². The zero-order valence-electron chi connectivity index (χ0n) is 4.69. The molecule has 0 bridgehead atoms. The predicted octanol–water partition coefficient (Wildman–Crippen LogP) is 0.602. The van der Waals surface area contributed by atoms with E-state index in [1.807, 2.05) is 0 Å². The first-order chi connectivity index (χ1) is 3.81. The molecule has 0 aliphatic carbocycles. The third-order valence-corrected chi connectivity index (χ3v) is 0.595. The van der Waals surface area contributed by atoms with Gasteiger partial charge in [0.1, 0.15) is 0 Å². The van der Waals surface area contributed by atoms with Crippen LogP contribution < -0.4 is 0 Å². The van der Waals surface area contributed by atoms with Crippen LogP contribution in [-0.4, -0.2) is 5.78 Å². The molecule has 0 aromatic heterocycles. The van der Waals surface area contributed by atoms with Crippen LogP contribution >= 0.6 is 0 Å². The van der Waals surface area contributed by atoms with E-state index in [9.17, 15) is 4.79 Å². The van der Waals surface area contributed by atoms with Crippen molar-refractivity contribution in [2.75, 3.05) is 0 Å². The number of carbonyl (C=O) groups is 1. The van der Waals surface area contributed by atoms with Gasteiger partial charge < -0.3 is 0 Å².